The number of carboxylic acid groups (broad SMARTS) is 1. The summed E-state index contributed by atoms with van der Waals surface area (Å²) < 4.78 is 0. The molecule has 0 aliphatic rings. The second-order valence-electron chi connectivity index (χ2n) is 5.32. The van der Waals surface area contributed by atoms with Crippen LogP contribution in [-0.2, 0) is 14.4 Å². The van der Waals surface area contributed by atoms with Crippen molar-refractivity contribution in [1.29, 1.82) is 0 Å². The van der Waals surface area contributed by atoms with Gasteiger partial charge in [0.05, 0.1) is 6.54 Å². The van der Waals surface area contributed by atoms with Crippen molar-refractivity contribution < 1.29 is 19.5 Å². The Bertz CT molecular complexity index is 376. The summed E-state index contributed by atoms with van der Waals surface area (Å²) in [6.45, 7) is 3.86. The van der Waals surface area contributed by atoms with E-state index >= 15 is 0 Å². The van der Waals surface area contributed by atoms with Crippen LogP contribution in [0.5, 0.6) is 0 Å². The zero-order valence-corrected chi connectivity index (χ0v) is 13.3. The van der Waals surface area contributed by atoms with Crippen LogP contribution in [-0.4, -0.2) is 48.1 Å². The highest BCUT2D eigenvalue weighted by Crippen LogP contribution is 2.09. The molecule has 8 heteroatoms. The first-order valence-electron chi connectivity index (χ1n) is 7.60. The standard InChI is InChI=1S/C14H28N4O4/c1-3-9(2)12(14(21)22)18-13(20)10(6-4-5-7-15)17-11(19)8-16/h9-10,12H,3-8,15-16H2,1-2H3,(H,17,19)(H,18,20)(H,21,22). The zero-order chi connectivity index (χ0) is 17.1. The van der Waals surface area contributed by atoms with E-state index in [-0.39, 0.29) is 12.5 Å². The van der Waals surface area contributed by atoms with Crippen molar-refractivity contribution in [2.75, 3.05) is 13.1 Å². The van der Waals surface area contributed by atoms with E-state index in [1.165, 1.54) is 0 Å². The van der Waals surface area contributed by atoms with Crippen molar-refractivity contribution in [3.8, 4) is 0 Å². The van der Waals surface area contributed by atoms with Crippen molar-refractivity contribution >= 4 is 17.8 Å². The fourth-order valence-corrected chi connectivity index (χ4v) is 1.95. The summed E-state index contributed by atoms with van der Waals surface area (Å²) in [6, 6.07) is -1.78. The molecule has 0 aromatic carbocycles. The molecule has 0 aliphatic heterocycles. The molecule has 0 radical (unpaired) electrons. The number of hydrogen-bond acceptors (Lipinski definition) is 5. The molecule has 0 fully saturated rings. The van der Waals surface area contributed by atoms with Gasteiger partial charge in [-0.15, -0.1) is 0 Å². The number of nitrogens with one attached hydrogen (secondary N) is 2. The van der Waals surface area contributed by atoms with Crippen LogP contribution < -0.4 is 22.1 Å². The van der Waals surface area contributed by atoms with Crippen molar-refractivity contribution in [2.45, 2.75) is 51.6 Å². The highest BCUT2D eigenvalue weighted by atomic mass is 16.4. The van der Waals surface area contributed by atoms with E-state index in [1.807, 2.05) is 6.92 Å². The Morgan fingerprint density at radius 1 is 1.14 bits per heavy atom. The van der Waals surface area contributed by atoms with E-state index in [0.29, 0.717) is 25.8 Å². The summed E-state index contributed by atoms with van der Waals surface area (Å²) in [6.07, 6.45) is 2.38. The lowest BCUT2D eigenvalue weighted by Gasteiger charge is -2.24. The van der Waals surface area contributed by atoms with Gasteiger partial charge in [-0.2, -0.15) is 0 Å². The average molecular weight is 316 g/mol. The van der Waals surface area contributed by atoms with Gasteiger partial charge in [-0.05, 0) is 31.7 Å². The van der Waals surface area contributed by atoms with E-state index in [2.05, 4.69) is 10.6 Å². The molecule has 7 N–H and O–H groups in total. The Hall–Kier alpha value is -1.67. The molecule has 0 heterocycles. The lowest BCUT2D eigenvalue weighted by Crippen LogP contribution is -2.54. The number of aliphatic carboxylic acids is 1. The first-order valence-corrected chi connectivity index (χ1v) is 7.60. The first-order chi connectivity index (χ1) is 10.4. The van der Waals surface area contributed by atoms with Crippen LogP contribution in [0.4, 0.5) is 0 Å². The van der Waals surface area contributed by atoms with Crippen LogP contribution in [0.2, 0.25) is 0 Å². The number of unbranched alkanes of at least 4 members (excludes halogenated alkanes) is 1. The molecule has 0 aromatic rings. The molecule has 0 bridgehead atoms. The van der Waals surface area contributed by atoms with Gasteiger partial charge < -0.3 is 27.2 Å². The summed E-state index contributed by atoms with van der Waals surface area (Å²) in [7, 11) is 0. The Kier molecular flexibility index (Phi) is 10.1. The number of nitrogens with two attached hydrogens (primary N) is 2. The maximum absolute atomic E-state index is 12.3. The topological polar surface area (TPSA) is 148 Å². The van der Waals surface area contributed by atoms with Crippen LogP contribution in [0.25, 0.3) is 0 Å². The van der Waals surface area contributed by atoms with E-state index in [1.54, 1.807) is 6.92 Å². The second kappa shape index (κ2) is 11.0. The molecule has 8 nitrogen and oxygen atoms in total. The third-order valence-corrected chi connectivity index (χ3v) is 3.56. The lowest BCUT2D eigenvalue weighted by molar-refractivity contribution is -0.143. The lowest BCUT2D eigenvalue weighted by atomic mass is 9.98. The third kappa shape index (κ3) is 7.37. The minimum absolute atomic E-state index is 0.212. The molecule has 3 atom stereocenters. The molecule has 128 valence electrons. The summed E-state index contributed by atoms with van der Waals surface area (Å²) in [5.74, 6) is -2.26. The van der Waals surface area contributed by atoms with Crippen molar-refractivity contribution in [3.63, 3.8) is 0 Å². The summed E-state index contributed by atoms with van der Waals surface area (Å²) in [5.41, 5.74) is 10.6. The van der Waals surface area contributed by atoms with Crippen LogP contribution in [0.1, 0.15) is 39.5 Å². The first kappa shape index (κ1) is 20.3. The van der Waals surface area contributed by atoms with Crippen LogP contribution in [0, 0.1) is 5.92 Å². The van der Waals surface area contributed by atoms with Crippen LogP contribution >= 0.6 is 0 Å². The van der Waals surface area contributed by atoms with E-state index in [4.69, 9.17) is 11.5 Å². The SMILES string of the molecule is CCC(C)C(NC(=O)C(CCCCN)NC(=O)CN)C(=O)O. The molecule has 0 aliphatic carbocycles. The van der Waals surface area contributed by atoms with Gasteiger partial charge in [0.25, 0.3) is 0 Å². The number of amides is 2. The fraction of sp³-hybridized carbons (Fsp3) is 0.786. The maximum Gasteiger partial charge on any atom is 0.326 e. The van der Waals surface area contributed by atoms with Crippen molar-refractivity contribution in [3.05, 3.63) is 0 Å². The second-order valence-corrected chi connectivity index (χ2v) is 5.32. The number of carboxylic acids is 1. The number of carbonyl (C=O) groups is 3. The molecular weight excluding hydrogens is 288 g/mol. The Morgan fingerprint density at radius 3 is 2.23 bits per heavy atom. The minimum atomic E-state index is -1.09. The summed E-state index contributed by atoms with van der Waals surface area (Å²) in [4.78, 5) is 34.9. The van der Waals surface area contributed by atoms with Crippen molar-refractivity contribution in [1.82, 2.24) is 10.6 Å². The molecule has 2 amide bonds. The summed E-state index contributed by atoms with van der Waals surface area (Å²) >= 11 is 0. The van der Waals surface area contributed by atoms with Crippen molar-refractivity contribution in [2.24, 2.45) is 17.4 Å². The monoisotopic (exact) mass is 316 g/mol. The number of rotatable bonds is 11. The number of hydrogen-bond donors (Lipinski definition) is 5. The van der Waals surface area contributed by atoms with E-state index < -0.39 is 29.9 Å². The Balaban J connectivity index is 4.83. The van der Waals surface area contributed by atoms with Gasteiger partial charge in [-0.3, -0.25) is 9.59 Å². The Morgan fingerprint density at radius 2 is 1.77 bits per heavy atom. The Labute approximate surface area is 131 Å². The predicted molar refractivity (Wildman–Crippen MR) is 82.9 cm³/mol. The molecule has 0 aromatic heterocycles. The van der Waals surface area contributed by atoms with E-state index in [0.717, 1.165) is 6.42 Å². The largest absolute Gasteiger partial charge is 0.480 e. The normalized spacial score (nSPS) is 14.7. The zero-order valence-electron chi connectivity index (χ0n) is 13.3. The molecule has 22 heavy (non-hydrogen) atoms. The molecule has 0 rings (SSSR count). The van der Waals surface area contributed by atoms with Gasteiger partial charge in [-0.1, -0.05) is 20.3 Å². The minimum Gasteiger partial charge on any atom is -0.480 e. The highest BCUT2D eigenvalue weighted by Gasteiger charge is 2.29. The predicted octanol–water partition coefficient (Wildman–Crippen LogP) is -0.826. The molecule has 0 saturated heterocycles. The van der Waals surface area contributed by atoms with Gasteiger partial charge in [0.15, 0.2) is 0 Å². The van der Waals surface area contributed by atoms with Crippen LogP contribution in [0.15, 0.2) is 0 Å². The third-order valence-electron chi connectivity index (χ3n) is 3.56. The smallest absolute Gasteiger partial charge is 0.326 e. The van der Waals surface area contributed by atoms with Gasteiger partial charge in [0, 0.05) is 0 Å². The highest BCUT2D eigenvalue weighted by molar-refractivity contribution is 5.90. The molecule has 0 spiro atoms. The molecular formula is C14H28N4O4. The van der Waals surface area contributed by atoms with Crippen LogP contribution in [0.3, 0.4) is 0 Å². The van der Waals surface area contributed by atoms with Gasteiger partial charge >= 0.3 is 5.97 Å². The maximum atomic E-state index is 12.3. The molecule has 3 unspecified atom stereocenters. The molecule has 0 saturated carbocycles. The summed E-state index contributed by atoms with van der Waals surface area (Å²) in [5, 5.41) is 14.2. The van der Waals surface area contributed by atoms with Gasteiger partial charge in [0.2, 0.25) is 11.8 Å². The number of carbonyl (C=O) groups excluding carboxylic acids is 2. The average Bonchev–Trinajstić information content (AvgIpc) is 2.50. The van der Waals surface area contributed by atoms with E-state index in [9.17, 15) is 19.5 Å². The van der Waals surface area contributed by atoms with Gasteiger partial charge in [0.1, 0.15) is 12.1 Å². The van der Waals surface area contributed by atoms with Gasteiger partial charge in [-0.25, -0.2) is 4.79 Å². The fourth-order valence-electron chi connectivity index (χ4n) is 1.95. The quantitative estimate of drug-likeness (QED) is 0.314.